The second-order valence-electron chi connectivity index (χ2n) is 9.99. The van der Waals surface area contributed by atoms with Gasteiger partial charge in [-0.05, 0) is 49.2 Å². The van der Waals surface area contributed by atoms with Crippen LogP contribution in [0.1, 0.15) is 39.9 Å². The predicted octanol–water partition coefficient (Wildman–Crippen LogP) is 3.94. The van der Waals surface area contributed by atoms with Crippen LogP contribution in [0.5, 0.6) is 11.5 Å². The van der Waals surface area contributed by atoms with Gasteiger partial charge in [0, 0.05) is 48.5 Å². The number of halogens is 4. The standard InChI is InChI=1S/C29H27F4N3O6/c1-15-7-9-35(17-8-10-41-14-17)28(39)25(15)36-13-20(23-21(30)11-19(40-2)12-22(23)31)24(27(36)38)34-26(37)16-3-5-18(6-4-16)42-29(32)33/h3-7,9,11-12,17,20,24,29H,8,10,13-14H2,1-2H3,(H,34,37)/t17?,20-,24-/m0/s1. The average molecular weight is 590 g/mol. The summed E-state index contributed by atoms with van der Waals surface area (Å²) in [5.41, 5.74) is -0.471. The van der Waals surface area contributed by atoms with E-state index in [1.54, 1.807) is 19.2 Å². The molecule has 1 unspecified atom stereocenters. The van der Waals surface area contributed by atoms with Crippen LogP contribution in [0.15, 0.2) is 53.5 Å². The lowest BCUT2D eigenvalue weighted by molar-refractivity contribution is -0.118. The van der Waals surface area contributed by atoms with E-state index in [1.807, 2.05) is 0 Å². The molecule has 0 radical (unpaired) electrons. The number of carbonyl (C=O) groups excluding carboxylic acids is 2. The largest absolute Gasteiger partial charge is 0.497 e. The molecular weight excluding hydrogens is 562 g/mol. The number of nitrogens with zero attached hydrogens (tertiary/aromatic N) is 2. The number of carbonyl (C=O) groups is 2. The number of benzene rings is 2. The Morgan fingerprint density at radius 1 is 1.07 bits per heavy atom. The summed E-state index contributed by atoms with van der Waals surface area (Å²) in [5.74, 6) is -5.05. The third-order valence-corrected chi connectivity index (χ3v) is 7.47. The molecule has 13 heteroatoms. The Hall–Kier alpha value is -4.39. The fraction of sp³-hybridized carbons (Fsp3) is 0.345. The molecule has 2 fully saturated rings. The number of amides is 2. The number of rotatable bonds is 8. The summed E-state index contributed by atoms with van der Waals surface area (Å²) < 4.78 is 71.7. The molecule has 1 N–H and O–H groups in total. The van der Waals surface area contributed by atoms with E-state index < -0.39 is 53.1 Å². The molecule has 2 amide bonds. The minimum absolute atomic E-state index is 0.0169. The van der Waals surface area contributed by atoms with Crippen molar-refractivity contribution in [3.05, 3.63) is 87.3 Å². The number of hydrogen-bond donors (Lipinski definition) is 1. The minimum Gasteiger partial charge on any atom is -0.497 e. The van der Waals surface area contributed by atoms with Gasteiger partial charge in [0.15, 0.2) is 0 Å². The molecule has 0 saturated carbocycles. The third kappa shape index (κ3) is 5.56. The first-order chi connectivity index (χ1) is 20.1. The van der Waals surface area contributed by atoms with Gasteiger partial charge in [-0.3, -0.25) is 14.4 Å². The summed E-state index contributed by atoms with van der Waals surface area (Å²) in [7, 11) is 1.24. The Labute approximate surface area is 237 Å². The second-order valence-corrected chi connectivity index (χ2v) is 9.99. The fourth-order valence-corrected chi connectivity index (χ4v) is 5.39. The van der Waals surface area contributed by atoms with Crippen LogP contribution in [0.3, 0.4) is 0 Å². The van der Waals surface area contributed by atoms with E-state index >= 15 is 8.78 Å². The Bertz CT molecular complexity index is 1530. The van der Waals surface area contributed by atoms with Crippen molar-refractivity contribution in [2.75, 3.05) is 31.8 Å². The van der Waals surface area contributed by atoms with Crippen LogP contribution >= 0.6 is 0 Å². The van der Waals surface area contributed by atoms with Gasteiger partial charge >= 0.3 is 6.61 Å². The summed E-state index contributed by atoms with van der Waals surface area (Å²) in [6, 6.07) is 6.58. The van der Waals surface area contributed by atoms with Gasteiger partial charge in [-0.1, -0.05) is 0 Å². The zero-order valence-corrected chi connectivity index (χ0v) is 22.6. The summed E-state index contributed by atoms with van der Waals surface area (Å²) >= 11 is 0. The molecular formula is C29H27F4N3O6. The zero-order valence-electron chi connectivity index (χ0n) is 22.6. The molecule has 0 bridgehead atoms. The average Bonchev–Trinajstić information content (AvgIpc) is 3.58. The van der Waals surface area contributed by atoms with Crippen molar-refractivity contribution in [2.24, 2.45) is 0 Å². The highest BCUT2D eigenvalue weighted by molar-refractivity contribution is 6.05. The van der Waals surface area contributed by atoms with Crippen molar-refractivity contribution in [1.29, 1.82) is 0 Å². The zero-order chi connectivity index (χ0) is 30.1. The van der Waals surface area contributed by atoms with Gasteiger partial charge in [-0.15, -0.1) is 0 Å². The van der Waals surface area contributed by atoms with Crippen LogP contribution < -0.4 is 25.2 Å². The molecule has 3 heterocycles. The summed E-state index contributed by atoms with van der Waals surface area (Å²) in [6.07, 6.45) is 2.21. The van der Waals surface area contributed by atoms with Crippen molar-refractivity contribution in [2.45, 2.75) is 38.0 Å². The Morgan fingerprint density at radius 3 is 2.36 bits per heavy atom. The minimum atomic E-state index is -3.06. The molecule has 2 aromatic carbocycles. The van der Waals surface area contributed by atoms with Gasteiger partial charge in [0.1, 0.15) is 34.9 Å². The van der Waals surface area contributed by atoms with Crippen LogP contribution in [0.2, 0.25) is 0 Å². The lowest BCUT2D eigenvalue weighted by Crippen LogP contribution is -2.45. The van der Waals surface area contributed by atoms with Gasteiger partial charge in [0.05, 0.1) is 19.8 Å². The van der Waals surface area contributed by atoms with Crippen LogP contribution in [-0.4, -0.2) is 55.9 Å². The third-order valence-electron chi connectivity index (χ3n) is 7.47. The predicted molar refractivity (Wildman–Crippen MR) is 142 cm³/mol. The second kappa shape index (κ2) is 11.8. The van der Waals surface area contributed by atoms with Crippen LogP contribution in [-0.2, 0) is 9.53 Å². The number of alkyl halides is 2. The number of hydrogen-bond acceptors (Lipinski definition) is 6. The van der Waals surface area contributed by atoms with Gasteiger partial charge in [0.2, 0.25) is 5.91 Å². The number of nitrogens with one attached hydrogen (secondary N) is 1. The molecule has 2 saturated heterocycles. The summed E-state index contributed by atoms with van der Waals surface area (Å²) in [6.45, 7) is -0.940. The van der Waals surface area contributed by atoms with E-state index in [1.165, 1.54) is 23.8 Å². The van der Waals surface area contributed by atoms with Crippen LogP contribution in [0.25, 0.3) is 0 Å². The Balaban J connectivity index is 1.53. The molecule has 222 valence electrons. The highest BCUT2D eigenvalue weighted by Gasteiger charge is 2.46. The lowest BCUT2D eigenvalue weighted by Gasteiger charge is -2.21. The van der Waals surface area contributed by atoms with Gasteiger partial charge < -0.3 is 29.0 Å². The maximum Gasteiger partial charge on any atom is 0.387 e. The Kier molecular flexibility index (Phi) is 8.21. The molecule has 2 aliphatic heterocycles. The van der Waals surface area contributed by atoms with Crippen molar-refractivity contribution in [3.63, 3.8) is 0 Å². The number of ether oxygens (including phenoxy) is 3. The number of pyridine rings is 1. The first-order valence-electron chi connectivity index (χ1n) is 13.1. The van der Waals surface area contributed by atoms with E-state index in [2.05, 4.69) is 10.1 Å². The summed E-state index contributed by atoms with van der Waals surface area (Å²) in [5, 5.41) is 2.53. The molecule has 0 aliphatic carbocycles. The molecule has 3 atom stereocenters. The van der Waals surface area contributed by atoms with E-state index in [-0.39, 0.29) is 35.3 Å². The maximum atomic E-state index is 15.3. The summed E-state index contributed by atoms with van der Waals surface area (Å²) in [4.78, 5) is 41.8. The van der Waals surface area contributed by atoms with Crippen molar-refractivity contribution in [3.8, 4) is 11.5 Å². The van der Waals surface area contributed by atoms with E-state index in [0.29, 0.717) is 25.2 Å². The van der Waals surface area contributed by atoms with Crippen molar-refractivity contribution >= 4 is 17.5 Å². The van der Waals surface area contributed by atoms with E-state index in [0.717, 1.165) is 29.2 Å². The van der Waals surface area contributed by atoms with Gasteiger partial charge in [0.25, 0.3) is 11.5 Å². The van der Waals surface area contributed by atoms with Crippen molar-refractivity contribution < 1.29 is 41.4 Å². The van der Waals surface area contributed by atoms with E-state index in [9.17, 15) is 23.2 Å². The molecule has 0 spiro atoms. The monoisotopic (exact) mass is 589 g/mol. The molecule has 3 aromatic rings. The molecule has 42 heavy (non-hydrogen) atoms. The Morgan fingerprint density at radius 2 is 1.76 bits per heavy atom. The topological polar surface area (TPSA) is 99.1 Å². The lowest BCUT2D eigenvalue weighted by atomic mass is 9.92. The number of aromatic nitrogens is 1. The van der Waals surface area contributed by atoms with Crippen molar-refractivity contribution in [1.82, 2.24) is 9.88 Å². The smallest absolute Gasteiger partial charge is 0.387 e. The van der Waals surface area contributed by atoms with Gasteiger partial charge in [-0.2, -0.15) is 8.78 Å². The number of methoxy groups -OCH3 is 1. The molecule has 5 rings (SSSR count). The molecule has 2 aliphatic rings. The first kappa shape index (κ1) is 29.1. The highest BCUT2D eigenvalue weighted by Crippen LogP contribution is 2.37. The molecule has 1 aromatic heterocycles. The number of anilines is 1. The highest BCUT2D eigenvalue weighted by atomic mass is 19.3. The van der Waals surface area contributed by atoms with Gasteiger partial charge in [-0.25, -0.2) is 8.78 Å². The molecule has 9 nitrogen and oxygen atoms in total. The van der Waals surface area contributed by atoms with E-state index in [4.69, 9.17) is 9.47 Å². The normalized spacial score (nSPS) is 20.3. The van der Waals surface area contributed by atoms with Crippen LogP contribution in [0.4, 0.5) is 23.2 Å². The SMILES string of the molecule is COc1cc(F)c([C@@H]2CN(c3c(C)ccn(C4CCOC4)c3=O)C(=O)[C@H]2NC(=O)c2ccc(OC(F)F)cc2)c(F)c1. The first-order valence-corrected chi connectivity index (χ1v) is 13.1. The van der Waals surface area contributed by atoms with Crippen LogP contribution in [0, 0.1) is 18.6 Å². The quantitative estimate of drug-likeness (QED) is 0.400. The fourth-order valence-electron chi connectivity index (χ4n) is 5.39. The maximum absolute atomic E-state index is 15.3. The number of aryl methyl sites for hydroxylation is 1.